The minimum absolute atomic E-state index is 0.0250. The molecule has 0 unspecified atom stereocenters. The third kappa shape index (κ3) is 4.87. The van der Waals surface area contributed by atoms with Crippen LogP contribution in [0, 0.1) is 0 Å². The Morgan fingerprint density at radius 2 is 2.28 bits per heavy atom. The molecule has 18 heavy (non-hydrogen) atoms. The Morgan fingerprint density at radius 3 is 2.89 bits per heavy atom. The van der Waals surface area contributed by atoms with Crippen LogP contribution in [-0.4, -0.2) is 25.3 Å². The second kappa shape index (κ2) is 7.87. The maximum absolute atomic E-state index is 11.4. The summed E-state index contributed by atoms with van der Waals surface area (Å²) in [7, 11) is 0. The minimum atomic E-state index is -0.144. The molecule has 0 bridgehead atoms. The molecule has 0 heterocycles. The fraction of sp³-hybridized carbons (Fsp3) is 0.385. The lowest BCUT2D eigenvalue weighted by Crippen LogP contribution is -2.29. The van der Waals surface area contributed by atoms with Gasteiger partial charge in [0.2, 0.25) is 0 Å². The first-order valence-electron chi connectivity index (χ1n) is 5.81. The fourth-order valence-electron chi connectivity index (χ4n) is 1.31. The maximum Gasteiger partial charge on any atom is 0.257 e. The summed E-state index contributed by atoms with van der Waals surface area (Å²) in [6, 6.07) is 4.95. The zero-order valence-electron chi connectivity index (χ0n) is 10.2. The molecule has 0 aliphatic rings. The molecule has 0 fully saturated rings. The molecule has 0 atom stereocenters. The van der Waals surface area contributed by atoms with Gasteiger partial charge >= 0.3 is 0 Å². The summed E-state index contributed by atoms with van der Waals surface area (Å²) in [6.45, 7) is 2.71. The van der Waals surface area contributed by atoms with Crippen molar-refractivity contribution in [2.24, 2.45) is 0 Å². The SMILES string of the molecule is CCCCNC(=O)COc1ccc(C=O)cc1Br. The van der Waals surface area contributed by atoms with Crippen molar-refractivity contribution < 1.29 is 14.3 Å². The van der Waals surface area contributed by atoms with Crippen molar-refractivity contribution in [1.29, 1.82) is 0 Å². The average molecular weight is 314 g/mol. The van der Waals surface area contributed by atoms with Crippen LogP contribution in [0.25, 0.3) is 0 Å². The van der Waals surface area contributed by atoms with Gasteiger partial charge in [-0.1, -0.05) is 13.3 Å². The van der Waals surface area contributed by atoms with E-state index in [1.807, 2.05) is 0 Å². The Labute approximate surface area is 115 Å². The van der Waals surface area contributed by atoms with Gasteiger partial charge in [0.15, 0.2) is 6.61 Å². The summed E-state index contributed by atoms with van der Waals surface area (Å²) >= 11 is 3.29. The first-order chi connectivity index (χ1) is 8.67. The van der Waals surface area contributed by atoms with Gasteiger partial charge in [-0.15, -0.1) is 0 Å². The molecule has 0 radical (unpaired) electrons. The summed E-state index contributed by atoms with van der Waals surface area (Å²) in [5.41, 5.74) is 0.557. The molecule has 1 aromatic carbocycles. The molecule has 0 aliphatic carbocycles. The van der Waals surface area contributed by atoms with Gasteiger partial charge in [0.05, 0.1) is 4.47 Å². The summed E-state index contributed by atoms with van der Waals surface area (Å²) in [4.78, 5) is 22.0. The van der Waals surface area contributed by atoms with Crippen molar-refractivity contribution in [2.75, 3.05) is 13.2 Å². The van der Waals surface area contributed by atoms with Crippen LogP contribution in [0.3, 0.4) is 0 Å². The molecule has 1 rings (SSSR count). The van der Waals surface area contributed by atoms with Crippen molar-refractivity contribution in [3.8, 4) is 5.75 Å². The number of hydrogen-bond donors (Lipinski definition) is 1. The summed E-state index contributed by atoms with van der Waals surface area (Å²) in [5, 5.41) is 2.76. The number of ether oxygens (including phenoxy) is 1. The number of carbonyl (C=O) groups excluding carboxylic acids is 2. The van der Waals surface area contributed by atoms with Crippen LogP contribution < -0.4 is 10.1 Å². The average Bonchev–Trinajstić information content (AvgIpc) is 2.37. The van der Waals surface area contributed by atoms with Crippen LogP contribution in [0.1, 0.15) is 30.1 Å². The molecular formula is C13H16BrNO3. The Balaban J connectivity index is 2.43. The van der Waals surface area contributed by atoms with E-state index in [2.05, 4.69) is 28.2 Å². The molecule has 4 nitrogen and oxygen atoms in total. The zero-order valence-corrected chi connectivity index (χ0v) is 11.8. The normalized spacial score (nSPS) is 9.89. The van der Waals surface area contributed by atoms with E-state index < -0.39 is 0 Å². The van der Waals surface area contributed by atoms with E-state index in [1.165, 1.54) is 0 Å². The van der Waals surface area contributed by atoms with Crippen molar-refractivity contribution in [3.63, 3.8) is 0 Å². The van der Waals surface area contributed by atoms with Gasteiger partial charge in [0, 0.05) is 12.1 Å². The molecule has 0 spiro atoms. The van der Waals surface area contributed by atoms with Gasteiger partial charge in [-0.25, -0.2) is 0 Å². The lowest BCUT2D eigenvalue weighted by atomic mass is 10.2. The van der Waals surface area contributed by atoms with Crippen LogP contribution >= 0.6 is 15.9 Å². The number of hydrogen-bond acceptors (Lipinski definition) is 3. The van der Waals surface area contributed by atoms with E-state index in [-0.39, 0.29) is 12.5 Å². The molecular weight excluding hydrogens is 298 g/mol. The number of unbranched alkanes of at least 4 members (excludes halogenated alkanes) is 1. The second-order valence-electron chi connectivity index (χ2n) is 3.80. The number of halogens is 1. The second-order valence-corrected chi connectivity index (χ2v) is 4.65. The highest BCUT2D eigenvalue weighted by Gasteiger charge is 2.05. The highest BCUT2D eigenvalue weighted by atomic mass is 79.9. The molecule has 5 heteroatoms. The third-order valence-corrected chi connectivity index (χ3v) is 2.92. The number of nitrogens with one attached hydrogen (secondary N) is 1. The summed E-state index contributed by atoms with van der Waals surface area (Å²) in [5.74, 6) is 0.404. The topological polar surface area (TPSA) is 55.4 Å². The van der Waals surface area contributed by atoms with E-state index in [4.69, 9.17) is 4.74 Å². The Kier molecular flexibility index (Phi) is 6.43. The molecule has 0 aliphatic heterocycles. The number of rotatable bonds is 7. The molecule has 98 valence electrons. The molecule has 0 saturated carbocycles. The maximum atomic E-state index is 11.4. The van der Waals surface area contributed by atoms with E-state index in [1.54, 1.807) is 18.2 Å². The zero-order chi connectivity index (χ0) is 13.4. The molecule has 1 amide bonds. The molecule has 1 N–H and O–H groups in total. The fourth-order valence-corrected chi connectivity index (χ4v) is 1.82. The van der Waals surface area contributed by atoms with Gasteiger partial charge in [-0.3, -0.25) is 9.59 Å². The predicted octanol–water partition coefficient (Wildman–Crippen LogP) is 2.56. The van der Waals surface area contributed by atoms with Gasteiger partial charge in [0.25, 0.3) is 5.91 Å². The molecule has 1 aromatic rings. The van der Waals surface area contributed by atoms with Crippen molar-refractivity contribution >= 4 is 28.1 Å². The van der Waals surface area contributed by atoms with Gasteiger partial charge < -0.3 is 10.1 Å². The highest BCUT2D eigenvalue weighted by molar-refractivity contribution is 9.10. The van der Waals surface area contributed by atoms with E-state index in [9.17, 15) is 9.59 Å². The third-order valence-electron chi connectivity index (χ3n) is 2.30. The van der Waals surface area contributed by atoms with E-state index in [0.29, 0.717) is 22.3 Å². The smallest absolute Gasteiger partial charge is 0.257 e. The van der Waals surface area contributed by atoms with Gasteiger partial charge in [-0.2, -0.15) is 0 Å². The molecule has 0 saturated heterocycles. The first-order valence-corrected chi connectivity index (χ1v) is 6.61. The van der Waals surface area contributed by atoms with Gasteiger partial charge in [-0.05, 0) is 40.5 Å². The number of carbonyl (C=O) groups is 2. The lowest BCUT2D eigenvalue weighted by molar-refractivity contribution is -0.123. The van der Waals surface area contributed by atoms with Crippen molar-refractivity contribution in [2.45, 2.75) is 19.8 Å². The van der Waals surface area contributed by atoms with E-state index in [0.717, 1.165) is 19.1 Å². The van der Waals surface area contributed by atoms with Crippen molar-refractivity contribution in [3.05, 3.63) is 28.2 Å². The summed E-state index contributed by atoms with van der Waals surface area (Å²) < 4.78 is 6.01. The monoisotopic (exact) mass is 313 g/mol. The van der Waals surface area contributed by atoms with Crippen LogP contribution in [0.5, 0.6) is 5.75 Å². The van der Waals surface area contributed by atoms with Crippen LogP contribution in [0.2, 0.25) is 0 Å². The number of benzene rings is 1. The minimum Gasteiger partial charge on any atom is -0.483 e. The largest absolute Gasteiger partial charge is 0.483 e. The summed E-state index contributed by atoms with van der Waals surface area (Å²) in [6.07, 6.45) is 2.76. The van der Waals surface area contributed by atoms with Crippen molar-refractivity contribution in [1.82, 2.24) is 5.32 Å². The Hall–Kier alpha value is -1.36. The predicted molar refractivity (Wildman–Crippen MR) is 72.9 cm³/mol. The molecule has 0 aromatic heterocycles. The van der Waals surface area contributed by atoms with Crippen LogP contribution in [0.4, 0.5) is 0 Å². The first kappa shape index (κ1) is 14.7. The standard InChI is InChI=1S/C13H16BrNO3/c1-2-3-6-15-13(17)9-18-12-5-4-10(8-16)7-11(12)14/h4-5,7-8H,2-3,6,9H2,1H3,(H,15,17). The quantitative estimate of drug-likeness (QED) is 0.621. The lowest BCUT2D eigenvalue weighted by Gasteiger charge is -2.08. The van der Waals surface area contributed by atoms with Crippen LogP contribution in [-0.2, 0) is 4.79 Å². The Morgan fingerprint density at radius 1 is 1.50 bits per heavy atom. The number of amides is 1. The van der Waals surface area contributed by atoms with Gasteiger partial charge in [0.1, 0.15) is 12.0 Å². The van der Waals surface area contributed by atoms with E-state index >= 15 is 0 Å². The van der Waals surface area contributed by atoms with Crippen LogP contribution in [0.15, 0.2) is 22.7 Å². The number of aldehydes is 1. The Bertz CT molecular complexity index is 421. The highest BCUT2D eigenvalue weighted by Crippen LogP contribution is 2.25.